The van der Waals surface area contributed by atoms with E-state index in [4.69, 9.17) is 15.3 Å². The quantitative estimate of drug-likeness (QED) is 0.229. The summed E-state index contributed by atoms with van der Waals surface area (Å²) < 4.78 is 0. The topological polar surface area (TPSA) is 192 Å². The van der Waals surface area contributed by atoms with E-state index >= 15 is 0 Å². The zero-order valence-electron chi connectivity index (χ0n) is 4.38. The van der Waals surface area contributed by atoms with Crippen LogP contribution in [0, 0.1) is 15.3 Å². The molecule has 0 aromatic rings. The number of rotatable bonds is 0. The Labute approximate surface area is 87.1 Å². The van der Waals surface area contributed by atoms with Crippen molar-refractivity contribution in [3.05, 3.63) is 15.3 Å². The molecule has 0 rings (SSSR count). The third kappa shape index (κ3) is 1340. The Morgan fingerprint density at radius 2 is 0.889 bits per heavy atom. The Balaban J connectivity index is -0.00000000450. The molecule has 0 saturated heterocycles. The van der Waals surface area contributed by atoms with Crippen molar-refractivity contribution in [3.63, 3.8) is 0 Å². The Kier molecular flexibility index (Phi) is 241. The SMILES string of the molecule is O.O.O.O.O=[N+]([O-])[O-].[Sr+2]. The van der Waals surface area contributed by atoms with Gasteiger partial charge < -0.3 is 37.2 Å². The van der Waals surface area contributed by atoms with Gasteiger partial charge in [0.1, 0.15) is 0 Å². The molecule has 8 nitrogen and oxygen atoms in total. The molecular formula is H8NO7Sr+. The summed E-state index contributed by atoms with van der Waals surface area (Å²) >= 11 is 0. The van der Waals surface area contributed by atoms with E-state index in [1.54, 1.807) is 0 Å². The van der Waals surface area contributed by atoms with Crippen molar-refractivity contribution >= 4 is 45.5 Å². The molecule has 0 aliphatic rings. The normalized spacial score (nSPS) is 2.67. The first-order valence-electron chi connectivity index (χ1n) is 0.548. The van der Waals surface area contributed by atoms with Crippen molar-refractivity contribution < 1.29 is 27.0 Å². The van der Waals surface area contributed by atoms with Crippen LogP contribution in [0.15, 0.2) is 0 Å². The number of nitrogens with zero attached hydrogens (tertiary/aromatic N) is 1. The summed E-state index contributed by atoms with van der Waals surface area (Å²) in [5.74, 6) is 0. The smallest absolute Gasteiger partial charge is 0.412 e. The van der Waals surface area contributed by atoms with E-state index in [9.17, 15) is 0 Å². The molecule has 9 heteroatoms. The fraction of sp³-hybridized carbons (Fsp3) is 0. The summed E-state index contributed by atoms with van der Waals surface area (Å²) in [6.07, 6.45) is 0. The maximum Gasteiger partial charge on any atom is 2.00 e. The third-order valence-electron chi connectivity index (χ3n) is 0. The van der Waals surface area contributed by atoms with Crippen LogP contribution in [-0.4, -0.2) is 72.5 Å². The van der Waals surface area contributed by atoms with Crippen LogP contribution in [0.5, 0.6) is 0 Å². The van der Waals surface area contributed by atoms with Gasteiger partial charge >= 0.3 is 45.5 Å². The summed E-state index contributed by atoms with van der Waals surface area (Å²) in [5, 5.41) is 14.8. The molecule has 56 valence electrons. The first-order valence-corrected chi connectivity index (χ1v) is 0.548. The minimum Gasteiger partial charge on any atom is -0.412 e. The average Bonchev–Trinajstić information content (AvgIpc) is 0.811. The molecule has 0 bridgehead atoms. The summed E-state index contributed by atoms with van der Waals surface area (Å²) in [5.41, 5.74) is 0. The number of hydrogen-bond acceptors (Lipinski definition) is 3. The Bertz CT molecular complexity index is 31.9. The van der Waals surface area contributed by atoms with Gasteiger partial charge in [-0.3, -0.25) is 0 Å². The Hall–Kier alpha value is 0.521. The molecule has 0 aromatic heterocycles. The molecule has 8 N–H and O–H groups in total. The molecule has 0 aliphatic heterocycles. The predicted octanol–water partition coefficient (Wildman–Crippen LogP) is -3.92. The van der Waals surface area contributed by atoms with Crippen molar-refractivity contribution in [2.24, 2.45) is 0 Å². The van der Waals surface area contributed by atoms with E-state index in [2.05, 4.69) is 0 Å². The van der Waals surface area contributed by atoms with E-state index < -0.39 is 5.09 Å². The average molecular weight is 222 g/mol. The molecule has 9 heavy (non-hydrogen) atoms. The maximum atomic E-state index is 8.25. The van der Waals surface area contributed by atoms with Gasteiger partial charge in [0.25, 0.3) is 0 Å². The summed E-state index contributed by atoms with van der Waals surface area (Å²) in [6.45, 7) is 0. The third-order valence-corrected chi connectivity index (χ3v) is 0. The zero-order valence-corrected chi connectivity index (χ0v) is 7.86. The van der Waals surface area contributed by atoms with Crippen LogP contribution >= 0.6 is 0 Å². The molecule has 0 aliphatic carbocycles. The first kappa shape index (κ1) is 55.8. The number of hydrogen-bond donors (Lipinski definition) is 0. The molecule has 0 radical (unpaired) electrons. The van der Waals surface area contributed by atoms with Crippen LogP contribution < -0.4 is 0 Å². The summed E-state index contributed by atoms with van der Waals surface area (Å²) in [7, 11) is 0. The second-order valence-corrected chi connectivity index (χ2v) is 0.224. The van der Waals surface area contributed by atoms with Crippen molar-refractivity contribution in [2.75, 3.05) is 0 Å². The van der Waals surface area contributed by atoms with Gasteiger partial charge in [0.05, 0.1) is 5.09 Å². The first-order chi connectivity index (χ1) is 1.73. The molecule has 0 unspecified atom stereocenters. The van der Waals surface area contributed by atoms with Gasteiger partial charge in [0.15, 0.2) is 0 Å². The fourth-order valence-corrected chi connectivity index (χ4v) is 0. The van der Waals surface area contributed by atoms with Crippen LogP contribution in [0.2, 0.25) is 0 Å². The minimum atomic E-state index is -1.75. The monoisotopic (exact) mass is 222 g/mol. The van der Waals surface area contributed by atoms with E-state index in [1.165, 1.54) is 0 Å². The van der Waals surface area contributed by atoms with Crippen molar-refractivity contribution in [2.45, 2.75) is 0 Å². The van der Waals surface area contributed by atoms with E-state index in [0.717, 1.165) is 0 Å². The van der Waals surface area contributed by atoms with Crippen LogP contribution in [0.3, 0.4) is 0 Å². The molecule has 0 amide bonds. The molecule has 0 heterocycles. The Morgan fingerprint density at radius 1 is 0.889 bits per heavy atom. The van der Waals surface area contributed by atoms with Gasteiger partial charge in [-0.2, -0.15) is 0 Å². The molecular weight excluding hydrogens is 214 g/mol. The fourth-order valence-electron chi connectivity index (χ4n) is 0. The van der Waals surface area contributed by atoms with Gasteiger partial charge in [-0.1, -0.05) is 0 Å². The minimum absolute atomic E-state index is 0. The van der Waals surface area contributed by atoms with E-state index in [-0.39, 0.29) is 67.4 Å². The van der Waals surface area contributed by atoms with Crippen molar-refractivity contribution in [3.8, 4) is 0 Å². The molecule has 0 atom stereocenters. The van der Waals surface area contributed by atoms with Gasteiger partial charge in [0.2, 0.25) is 0 Å². The van der Waals surface area contributed by atoms with E-state index in [0.29, 0.717) is 0 Å². The largest absolute Gasteiger partial charge is 2.00 e. The van der Waals surface area contributed by atoms with Gasteiger partial charge in [-0.05, 0) is 0 Å². The molecule has 0 aromatic carbocycles. The van der Waals surface area contributed by atoms with Gasteiger partial charge in [-0.15, -0.1) is 0 Å². The van der Waals surface area contributed by atoms with Gasteiger partial charge in [-0.25, -0.2) is 0 Å². The Morgan fingerprint density at radius 3 is 0.889 bits per heavy atom. The standard InChI is InChI=1S/NO3.4H2O.Sr/c2-1(3)4;;;;;/h;4*1H2;/q-1;;;;;+2. The van der Waals surface area contributed by atoms with Gasteiger partial charge in [0, 0.05) is 0 Å². The maximum absolute atomic E-state index is 8.25. The van der Waals surface area contributed by atoms with Crippen molar-refractivity contribution in [1.29, 1.82) is 0 Å². The van der Waals surface area contributed by atoms with Crippen LogP contribution in [0.1, 0.15) is 0 Å². The van der Waals surface area contributed by atoms with Crippen LogP contribution in [-0.2, 0) is 0 Å². The molecule has 0 fully saturated rings. The summed E-state index contributed by atoms with van der Waals surface area (Å²) in [4.78, 5) is 8.25. The second-order valence-electron chi connectivity index (χ2n) is 0.224. The molecule has 0 saturated carbocycles. The predicted molar refractivity (Wildman–Crippen MR) is 30.6 cm³/mol. The zero-order chi connectivity index (χ0) is 3.58. The van der Waals surface area contributed by atoms with E-state index in [1.807, 2.05) is 0 Å². The summed E-state index contributed by atoms with van der Waals surface area (Å²) in [6, 6.07) is 0. The van der Waals surface area contributed by atoms with Crippen LogP contribution in [0.25, 0.3) is 0 Å². The second kappa shape index (κ2) is 38.9. The van der Waals surface area contributed by atoms with Crippen LogP contribution in [0.4, 0.5) is 0 Å². The molecule has 0 spiro atoms. The van der Waals surface area contributed by atoms with Crippen molar-refractivity contribution in [1.82, 2.24) is 0 Å².